The lowest BCUT2D eigenvalue weighted by atomic mass is 9.94. The molecule has 0 aliphatic carbocycles. The summed E-state index contributed by atoms with van der Waals surface area (Å²) >= 11 is 0. The van der Waals surface area contributed by atoms with Crippen molar-refractivity contribution in [3.05, 3.63) is 64.7 Å². The molecule has 0 aliphatic rings. The molecule has 0 saturated carbocycles. The highest BCUT2D eigenvalue weighted by molar-refractivity contribution is 5.75. The lowest BCUT2D eigenvalue weighted by Crippen LogP contribution is -2.13. The Morgan fingerprint density at radius 2 is 1.70 bits per heavy atom. The number of ether oxygens (including phenoxy) is 1. The van der Waals surface area contributed by atoms with Crippen molar-refractivity contribution in [2.24, 2.45) is 0 Å². The molecule has 2 rings (SSSR count). The number of benzene rings is 2. The van der Waals surface area contributed by atoms with Gasteiger partial charge in [-0.2, -0.15) is 0 Å². The second kappa shape index (κ2) is 7.82. The molecular formula is C20H24O3. The number of carbonyl (C=O) groups is 1. The number of hydrogen-bond donors (Lipinski definition) is 1. The van der Waals surface area contributed by atoms with Crippen LogP contribution in [0, 0.1) is 20.8 Å². The van der Waals surface area contributed by atoms with Crippen LogP contribution in [-0.2, 0) is 4.79 Å². The number of carboxylic acid groups (broad SMARTS) is 1. The average Bonchev–Trinajstić information content (AvgIpc) is 2.52. The van der Waals surface area contributed by atoms with Gasteiger partial charge in [0, 0.05) is 0 Å². The SMILES string of the molecule is Cc1cc(C)c(OCCCC(C(=O)O)c2ccccc2)cc1C. The topological polar surface area (TPSA) is 46.5 Å². The molecule has 0 heterocycles. The molecule has 0 bridgehead atoms. The van der Waals surface area contributed by atoms with Gasteiger partial charge in [0.25, 0.3) is 0 Å². The van der Waals surface area contributed by atoms with E-state index in [-0.39, 0.29) is 0 Å². The molecule has 2 aromatic carbocycles. The summed E-state index contributed by atoms with van der Waals surface area (Å²) in [6.07, 6.45) is 1.28. The normalized spacial score (nSPS) is 12.0. The summed E-state index contributed by atoms with van der Waals surface area (Å²) in [5.41, 5.74) is 4.43. The number of aliphatic carboxylic acids is 1. The standard InChI is InChI=1S/C20H24O3/c1-14-12-16(3)19(13-15(14)2)23-11-7-10-18(20(21)22)17-8-5-4-6-9-17/h4-6,8-9,12-13,18H,7,10-11H2,1-3H3,(H,21,22). The third kappa shape index (κ3) is 4.59. The zero-order chi connectivity index (χ0) is 16.8. The lowest BCUT2D eigenvalue weighted by Gasteiger charge is -2.14. The van der Waals surface area contributed by atoms with Crippen molar-refractivity contribution in [2.75, 3.05) is 6.61 Å². The lowest BCUT2D eigenvalue weighted by molar-refractivity contribution is -0.139. The third-order valence-corrected chi connectivity index (χ3v) is 4.19. The fourth-order valence-electron chi connectivity index (χ4n) is 2.68. The first-order chi connectivity index (χ1) is 11.0. The largest absolute Gasteiger partial charge is 0.493 e. The van der Waals surface area contributed by atoms with Crippen molar-refractivity contribution in [1.82, 2.24) is 0 Å². The van der Waals surface area contributed by atoms with Gasteiger partial charge in [-0.15, -0.1) is 0 Å². The quantitative estimate of drug-likeness (QED) is 0.758. The highest BCUT2D eigenvalue weighted by atomic mass is 16.5. The van der Waals surface area contributed by atoms with Crippen molar-refractivity contribution >= 4 is 5.97 Å². The summed E-state index contributed by atoms with van der Waals surface area (Å²) in [5, 5.41) is 9.41. The molecule has 1 atom stereocenters. The van der Waals surface area contributed by atoms with Crippen molar-refractivity contribution in [3.8, 4) is 5.75 Å². The van der Waals surface area contributed by atoms with Crippen LogP contribution >= 0.6 is 0 Å². The summed E-state index contributed by atoms with van der Waals surface area (Å²) in [6, 6.07) is 13.6. The number of aryl methyl sites for hydroxylation is 3. The van der Waals surface area contributed by atoms with E-state index in [4.69, 9.17) is 4.74 Å². The monoisotopic (exact) mass is 312 g/mol. The molecule has 0 aromatic heterocycles. The van der Waals surface area contributed by atoms with Crippen LogP contribution in [0.5, 0.6) is 5.75 Å². The van der Waals surface area contributed by atoms with Crippen LogP contribution in [0.4, 0.5) is 0 Å². The summed E-state index contributed by atoms with van der Waals surface area (Å²) in [7, 11) is 0. The minimum atomic E-state index is -0.779. The fourth-order valence-corrected chi connectivity index (χ4v) is 2.68. The fraction of sp³-hybridized carbons (Fsp3) is 0.350. The Labute approximate surface area is 137 Å². The maximum atomic E-state index is 11.5. The van der Waals surface area contributed by atoms with Gasteiger partial charge in [0.1, 0.15) is 5.75 Å². The second-order valence-electron chi connectivity index (χ2n) is 5.99. The molecule has 0 amide bonds. The summed E-state index contributed by atoms with van der Waals surface area (Å²) in [4.78, 5) is 11.5. The first kappa shape index (κ1) is 17.1. The Balaban J connectivity index is 1.91. The molecule has 1 unspecified atom stereocenters. The number of hydrogen-bond acceptors (Lipinski definition) is 2. The molecule has 0 fully saturated rings. The van der Waals surface area contributed by atoms with E-state index in [0.717, 1.165) is 16.9 Å². The Kier molecular flexibility index (Phi) is 5.80. The van der Waals surface area contributed by atoms with Crippen molar-refractivity contribution in [2.45, 2.75) is 39.5 Å². The van der Waals surface area contributed by atoms with Gasteiger partial charge in [-0.25, -0.2) is 0 Å². The van der Waals surface area contributed by atoms with E-state index in [1.54, 1.807) is 0 Å². The number of carboxylic acids is 1. The van der Waals surface area contributed by atoms with E-state index in [1.165, 1.54) is 11.1 Å². The third-order valence-electron chi connectivity index (χ3n) is 4.19. The smallest absolute Gasteiger partial charge is 0.310 e. The Morgan fingerprint density at radius 1 is 1.04 bits per heavy atom. The zero-order valence-corrected chi connectivity index (χ0v) is 14.0. The van der Waals surface area contributed by atoms with Crippen molar-refractivity contribution < 1.29 is 14.6 Å². The maximum Gasteiger partial charge on any atom is 0.310 e. The predicted octanol–water partition coefficient (Wildman–Crippen LogP) is 4.64. The maximum absolute atomic E-state index is 11.5. The molecule has 0 spiro atoms. The van der Waals surface area contributed by atoms with Crippen LogP contribution in [0.15, 0.2) is 42.5 Å². The van der Waals surface area contributed by atoms with E-state index in [9.17, 15) is 9.90 Å². The predicted molar refractivity (Wildman–Crippen MR) is 92.2 cm³/mol. The molecule has 0 aliphatic heterocycles. The Morgan fingerprint density at radius 3 is 2.35 bits per heavy atom. The van der Waals surface area contributed by atoms with Gasteiger partial charge in [0.2, 0.25) is 0 Å². The second-order valence-corrected chi connectivity index (χ2v) is 5.99. The average molecular weight is 312 g/mol. The van der Waals surface area contributed by atoms with Crippen LogP contribution in [0.25, 0.3) is 0 Å². The van der Waals surface area contributed by atoms with Crippen molar-refractivity contribution in [1.29, 1.82) is 0 Å². The Hall–Kier alpha value is -2.29. The molecular weight excluding hydrogens is 288 g/mol. The van der Waals surface area contributed by atoms with Crippen LogP contribution in [-0.4, -0.2) is 17.7 Å². The Bertz CT molecular complexity index is 662. The van der Waals surface area contributed by atoms with Crippen LogP contribution in [0.2, 0.25) is 0 Å². The van der Waals surface area contributed by atoms with Gasteiger partial charge in [-0.1, -0.05) is 36.4 Å². The molecule has 1 N–H and O–H groups in total. The summed E-state index contributed by atoms with van der Waals surface area (Å²) in [6.45, 7) is 6.71. The molecule has 122 valence electrons. The van der Waals surface area contributed by atoms with Gasteiger partial charge in [-0.05, 0) is 61.9 Å². The van der Waals surface area contributed by atoms with E-state index >= 15 is 0 Å². The van der Waals surface area contributed by atoms with Gasteiger partial charge in [0.05, 0.1) is 12.5 Å². The molecule has 0 saturated heterocycles. The molecule has 3 heteroatoms. The molecule has 3 nitrogen and oxygen atoms in total. The summed E-state index contributed by atoms with van der Waals surface area (Å²) < 4.78 is 5.85. The highest BCUT2D eigenvalue weighted by Gasteiger charge is 2.19. The van der Waals surface area contributed by atoms with Crippen molar-refractivity contribution in [3.63, 3.8) is 0 Å². The minimum Gasteiger partial charge on any atom is -0.493 e. The van der Waals surface area contributed by atoms with E-state index in [0.29, 0.717) is 19.4 Å². The van der Waals surface area contributed by atoms with Gasteiger partial charge < -0.3 is 9.84 Å². The number of rotatable bonds is 7. The summed E-state index contributed by atoms with van der Waals surface area (Å²) in [5.74, 6) is -0.362. The first-order valence-electron chi connectivity index (χ1n) is 7.97. The van der Waals surface area contributed by atoms with E-state index in [2.05, 4.69) is 26.0 Å². The van der Waals surface area contributed by atoms with Gasteiger partial charge in [0.15, 0.2) is 0 Å². The minimum absolute atomic E-state index is 0.472. The molecule has 2 aromatic rings. The van der Waals surface area contributed by atoms with Crippen LogP contribution in [0.1, 0.15) is 41.0 Å². The van der Waals surface area contributed by atoms with E-state index < -0.39 is 11.9 Å². The van der Waals surface area contributed by atoms with Crippen LogP contribution < -0.4 is 4.74 Å². The molecule has 0 radical (unpaired) electrons. The van der Waals surface area contributed by atoms with Gasteiger partial charge >= 0.3 is 5.97 Å². The van der Waals surface area contributed by atoms with Gasteiger partial charge in [-0.3, -0.25) is 4.79 Å². The molecule has 23 heavy (non-hydrogen) atoms. The first-order valence-corrected chi connectivity index (χ1v) is 7.97. The van der Waals surface area contributed by atoms with E-state index in [1.807, 2.05) is 37.3 Å². The zero-order valence-electron chi connectivity index (χ0n) is 14.0. The highest BCUT2D eigenvalue weighted by Crippen LogP contribution is 2.24. The van der Waals surface area contributed by atoms with Crippen LogP contribution in [0.3, 0.4) is 0 Å².